The molecule has 0 aromatic rings. The molecule has 2 nitrogen and oxygen atoms in total. The summed E-state index contributed by atoms with van der Waals surface area (Å²) in [5, 5.41) is 0. The largest absolute Gasteiger partial charge is 0.303 e. The molecule has 0 rings (SSSR count). The fourth-order valence-electron chi connectivity index (χ4n) is 1.06. The SMILES string of the molecule is C=C(C)[C@H](CC=O)CCC(C)=O. The molecule has 0 N–H and O–H groups in total. The van der Waals surface area contributed by atoms with Crippen LogP contribution in [-0.4, -0.2) is 12.1 Å². The van der Waals surface area contributed by atoms with E-state index >= 15 is 0 Å². The first-order valence-corrected chi connectivity index (χ1v) is 4.16. The molecule has 12 heavy (non-hydrogen) atoms. The van der Waals surface area contributed by atoms with E-state index < -0.39 is 0 Å². The maximum absolute atomic E-state index is 10.7. The molecule has 1 atom stereocenters. The van der Waals surface area contributed by atoms with Gasteiger partial charge >= 0.3 is 0 Å². The molecule has 0 amide bonds. The van der Waals surface area contributed by atoms with Gasteiger partial charge in [0, 0.05) is 12.8 Å². The second kappa shape index (κ2) is 5.70. The van der Waals surface area contributed by atoms with Gasteiger partial charge in [0.25, 0.3) is 0 Å². The summed E-state index contributed by atoms with van der Waals surface area (Å²) in [6, 6.07) is 0. The topological polar surface area (TPSA) is 34.1 Å². The molecule has 0 spiro atoms. The van der Waals surface area contributed by atoms with Crippen LogP contribution >= 0.6 is 0 Å². The summed E-state index contributed by atoms with van der Waals surface area (Å²) in [5.74, 6) is 0.360. The molecular weight excluding hydrogens is 152 g/mol. The maximum atomic E-state index is 10.7. The minimum atomic E-state index is 0.173. The minimum absolute atomic E-state index is 0.173. The Bertz CT molecular complexity index is 182. The Morgan fingerprint density at radius 2 is 2.08 bits per heavy atom. The first kappa shape index (κ1) is 11.1. The average molecular weight is 168 g/mol. The lowest BCUT2D eigenvalue weighted by atomic mass is 9.93. The van der Waals surface area contributed by atoms with Crippen molar-refractivity contribution in [3.63, 3.8) is 0 Å². The third kappa shape index (κ3) is 4.83. The quantitative estimate of drug-likeness (QED) is 0.450. The Morgan fingerprint density at radius 3 is 2.42 bits per heavy atom. The van der Waals surface area contributed by atoms with Crippen LogP contribution in [0.3, 0.4) is 0 Å². The molecular formula is C10H16O2. The van der Waals surface area contributed by atoms with E-state index in [2.05, 4.69) is 6.58 Å². The van der Waals surface area contributed by atoms with Gasteiger partial charge in [0.1, 0.15) is 12.1 Å². The highest BCUT2D eigenvalue weighted by molar-refractivity contribution is 5.75. The summed E-state index contributed by atoms with van der Waals surface area (Å²) in [7, 11) is 0. The first-order chi connectivity index (χ1) is 5.57. The number of ketones is 1. The molecule has 68 valence electrons. The fraction of sp³-hybridized carbons (Fsp3) is 0.600. The van der Waals surface area contributed by atoms with Crippen molar-refractivity contribution < 1.29 is 9.59 Å². The molecule has 0 aliphatic heterocycles. The van der Waals surface area contributed by atoms with Gasteiger partial charge in [-0.05, 0) is 26.2 Å². The van der Waals surface area contributed by atoms with Crippen molar-refractivity contribution in [2.24, 2.45) is 5.92 Å². The van der Waals surface area contributed by atoms with Gasteiger partial charge in [-0.3, -0.25) is 0 Å². The van der Waals surface area contributed by atoms with Crippen LogP contribution < -0.4 is 0 Å². The Hall–Kier alpha value is -0.920. The van der Waals surface area contributed by atoms with E-state index in [1.165, 1.54) is 0 Å². The average Bonchev–Trinajstić information content (AvgIpc) is 1.96. The van der Waals surface area contributed by atoms with Crippen LogP contribution in [0.2, 0.25) is 0 Å². The zero-order chi connectivity index (χ0) is 9.56. The molecule has 0 aliphatic carbocycles. The van der Waals surface area contributed by atoms with Crippen LogP contribution in [0.1, 0.15) is 33.1 Å². The first-order valence-electron chi connectivity index (χ1n) is 4.16. The summed E-state index contributed by atoms with van der Waals surface area (Å²) >= 11 is 0. The van der Waals surface area contributed by atoms with Gasteiger partial charge in [0.15, 0.2) is 0 Å². The van der Waals surface area contributed by atoms with Gasteiger partial charge in [0.2, 0.25) is 0 Å². The Kier molecular flexibility index (Phi) is 5.26. The summed E-state index contributed by atoms with van der Waals surface area (Å²) in [6.45, 7) is 7.24. The molecule has 0 radical (unpaired) electrons. The van der Waals surface area contributed by atoms with Crippen molar-refractivity contribution >= 4 is 12.1 Å². The van der Waals surface area contributed by atoms with Crippen molar-refractivity contribution in [3.8, 4) is 0 Å². The molecule has 0 fully saturated rings. The Labute approximate surface area is 73.7 Å². The predicted molar refractivity (Wildman–Crippen MR) is 48.9 cm³/mol. The van der Waals surface area contributed by atoms with Crippen LogP contribution in [0.5, 0.6) is 0 Å². The molecule has 0 bridgehead atoms. The van der Waals surface area contributed by atoms with Crippen molar-refractivity contribution in [2.75, 3.05) is 0 Å². The van der Waals surface area contributed by atoms with Gasteiger partial charge in [-0.15, -0.1) is 0 Å². The number of allylic oxidation sites excluding steroid dienone is 1. The third-order valence-corrected chi connectivity index (χ3v) is 1.92. The van der Waals surface area contributed by atoms with Crippen LogP contribution in [-0.2, 0) is 9.59 Å². The normalized spacial score (nSPS) is 12.2. The number of hydrogen-bond donors (Lipinski definition) is 0. The van der Waals surface area contributed by atoms with Crippen molar-refractivity contribution in [1.82, 2.24) is 0 Å². The lowest BCUT2D eigenvalue weighted by Gasteiger charge is -2.12. The Balaban J connectivity index is 3.86. The molecule has 0 aromatic carbocycles. The third-order valence-electron chi connectivity index (χ3n) is 1.92. The van der Waals surface area contributed by atoms with E-state index in [1.54, 1.807) is 6.92 Å². The van der Waals surface area contributed by atoms with Gasteiger partial charge < -0.3 is 9.59 Å². The zero-order valence-electron chi connectivity index (χ0n) is 7.80. The predicted octanol–water partition coefficient (Wildman–Crippen LogP) is 2.14. The summed E-state index contributed by atoms with van der Waals surface area (Å²) in [6.07, 6.45) is 2.68. The molecule has 0 aliphatic rings. The van der Waals surface area contributed by atoms with E-state index in [4.69, 9.17) is 0 Å². The minimum Gasteiger partial charge on any atom is -0.303 e. The second-order valence-corrected chi connectivity index (χ2v) is 3.19. The number of Topliss-reactive ketones (excluding diaryl/α,β-unsaturated/α-hetero) is 1. The van der Waals surface area contributed by atoms with Crippen molar-refractivity contribution in [1.29, 1.82) is 0 Å². The lowest BCUT2D eigenvalue weighted by Crippen LogP contribution is -2.04. The number of carbonyl (C=O) groups excluding carboxylic acids is 2. The zero-order valence-corrected chi connectivity index (χ0v) is 7.80. The van der Waals surface area contributed by atoms with Gasteiger partial charge in [-0.25, -0.2) is 0 Å². The fourth-order valence-corrected chi connectivity index (χ4v) is 1.06. The maximum Gasteiger partial charge on any atom is 0.129 e. The molecule has 0 heterocycles. The van der Waals surface area contributed by atoms with Crippen LogP contribution in [0.15, 0.2) is 12.2 Å². The van der Waals surface area contributed by atoms with E-state index in [-0.39, 0.29) is 11.7 Å². The molecule has 0 saturated carbocycles. The molecule has 0 aromatic heterocycles. The van der Waals surface area contributed by atoms with E-state index in [0.29, 0.717) is 12.8 Å². The number of rotatable bonds is 6. The van der Waals surface area contributed by atoms with E-state index in [0.717, 1.165) is 18.3 Å². The Morgan fingerprint density at radius 1 is 1.50 bits per heavy atom. The van der Waals surface area contributed by atoms with Crippen molar-refractivity contribution in [2.45, 2.75) is 33.1 Å². The number of hydrogen-bond acceptors (Lipinski definition) is 2. The highest BCUT2D eigenvalue weighted by Crippen LogP contribution is 2.17. The highest BCUT2D eigenvalue weighted by Gasteiger charge is 2.09. The number of aldehydes is 1. The molecule has 2 heteroatoms. The number of carbonyl (C=O) groups is 2. The van der Waals surface area contributed by atoms with Gasteiger partial charge in [0.05, 0.1) is 0 Å². The monoisotopic (exact) mass is 168 g/mol. The second-order valence-electron chi connectivity index (χ2n) is 3.19. The molecule has 0 saturated heterocycles. The smallest absolute Gasteiger partial charge is 0.129 e. The summed E-state index contributed by atoms with van der Waals surface area (Å²) in [4.78, 5) is 20.9. The van der Waals surface area contributed by atoms with Gasteiger partial charge in [-0.2, -0.15) is 0 Å². The van der Waals surface area contributed by atoms with Crippen LogP contribution in [0.4, 0.5) is 0 Å². The lowest BCUT2D eigenvalue weighted by molar-refractivity contribution is -0.117. The summed E-state index contributed by atoms with van der Waals surface area (Å²) < 4.78 is 0. The van der Waals surface area contributed by atoms with Crippen LogP contribution in [0, 0.1) is 5.92 Å². The molecule has 0 unspecified atom stereocenters. The van der Waals surface area contributed by atoms with Crippen molar-refractivity contribution in [3.05, 3.63) is 12.2 Å². The van der Waals surface area contributed by atoms with Crippen LogP contribution in [0.25, 0.3) is 0 Å². The standard InChI is InChI=1S/C10H16O2/c1-8(2)10(6-7-11)5-4-9(3)12/h7,10H,1,4-6H2,2-3H3/t10-/m0/s1. The highest BCUT2D eigenvalue weighted by atomic mass is 16.1. The van der Waals surface area contributed by atoms with Gasteiger partial charge in [-0.1, -0.05) is 12.2 Å². The van der Waals surface area contributed by atoms with E-state index in [9.17, 15) is 9.59 Å². The van der Waals surface area contributed by atoms with E-state index in [1.807, 2.05) is 6.92 Å². The summed E-state index contributed by atoms with van der Waals surface area (Å²) in [5.41, 5.74) is 0.989.